The number of para-hydroxylation sites is 1. The van der Waals surface area contributed by atoms with Crippen molar-refractivity contribution in [2.75, 3.05) is 19.6 Å². The number of piperidine rings is 1. The Labute approximate surface area is 164 Å². The van der Waals surface area contributed by atoms with Gasteiger partial charge in [0.25, 0.3) is 5.91 Å². The van der Waals surface area contributed by atoms with Crippen molar-refractivity contribution in [3.05, 3.63) is 65.9 Å². The summed E-state index contributed by atoms with van der Waals surface area (Å²) in [6.45, 7) is 4.31. The van der Waals surface area contributed by atoms with Crippen LogP contribution in [0.5, 0.6) is 0 Å². The number of benzene rings is 1. The van der Waals surface area contributed by atoms with Crippen LogP contribution in [-0.2, 0) is 0 Å². The van der Waals surface area contributed by atoms with Gasteiger partial charge in [-0.3, -0.25) is 9.69 Å². The van der Waals surface area contributed by atoms with Gasteiger partial charge in [-0.2, -0.15) is 9.90 Å². The molecule has 1 saturated heterocycles. The van der Waals surface area contributed by atoms with Crippen molar-refractivity contribution in [2.45, 2.75) is 32.2 Å². The largest absolute Gasteiger partial charge is 0.468 e. The molecular formula is C21H25N5O2. The smallest absolute Gasteiger partial charge is 0.273 e. The number of rotatable bonds is 6. The summed E-state index contributed by atoms with van der Waals surface area (Å²) in [5.41, 5.74) is 1.78. The molecule has 0 spiro atoms. The van der Waals surface area contributed by atoms with E-state index in [1.54, 1.807) is 13.2 Å². The molecule has 1 aliphatic rings. The lowest BCUT2D eigenvalue weighted by molar-refractivity contribution is 0.0908. The Hall–Kier alpha value is -2.93. The molecule has 0 radical (unpaired) electrons. The average molecular weight is 379 g/mol. The fraction of sp³-hybridized carbons (Fsp3) is 0.381. The van der Waals surface area contributed by atoms with Crippen molar-refractivity contribution in [2.24, 2.45) is 0 Å². The van der Waals surface area contributed by atoms with Gasteiger partial charge in [-0.05, 0) is 57.1 Å². The second kappa shape index (κ2) is 8.39. The number of nitrogens with one attached hydrogen (secondary N) is 1. The lowest BCUT2D eigenvalue weighted by atomic mass is 10.1. The number of nitrogens with zero attached hydrogens (tertiary/aromatic N) is 4. The van der Waals surface area contributed by atoms with Gasteiger partial charge in [-0.25, -0.2) is 0 Å². The maximum atomic E-state index is 12.8. The lowest BCUT2D eigenvalue weighted by Gasteiger charge is -2.33. The first-order chi connectivity index (χ1) is 13.7. The van der Waals surface area contributed by atoms with Crippen molar-refractivity contribution in [3.63, 3.8) is 0 Å². The monoisotopic (exact) mass is 379 g/mol. The van der Waals surface area contributed by atoms with E-state index < -0.39 is 0 Å². The van der Waals surface area contributed by atoms with E-state index in [0.29, 0.717) is 17.9 Å². The van der Waals surface area contributed by atoms with Crippen LogP contribution >= 0.6 is 0 Å². The number of amides is 1. The van der Waals surface area contributed by atoms with Crippen molar-refractivity contribution in [1.29, 1.82) is 0 Å². The fourth-order valence-electron chi connectivity index (χ4n) is 3.66. The van der Waals surface area contributed by atoms with E-state index in [1.165, 1.54) is 24.1 Å². The van der Waals surface area contributed by atoms with Crippen LogP contribution in [0.15, 0.2) is 53.1 Å². The lowest BCUT2D eigenvalue weighted by Crippen LogP contribution is -2.40. The van der Waals surface area contributed by atoms with Gasteiger partial charge < -0.3 is 9.73 Å². The quantitative estimate of drug-likeness (QED) is 0.712. The van der Waals surface area contributed by atoms with E-state index in [1.807, 2.05) is 42.5 Å². The van der Waals surface area contributed by atoms with Crippen LogP contribution in [0.4, 0.5) is 0 Å². The summed E-state index contributed by atoms with van der Waals surface area (Å²) in [5.74, 6) is 0.667. The Bertz CT molecular complexity index is 898. The molecule has 7 nitrogen and oxygen atoms in total. The Balaban J connectivity index is 1.47. The minimum atomic E-state index is -0.215. The summed E-state index contributed by atoms with van der Waals surface area (Å²) >= 11 is 0. The summed E-state index contributed by atoms with van der Waals surface area (Å²) in [6.07, 6.45) is 5.30. The molecule has 1 aromatic carbocycles. The van der Waals surface area contributed by atoms with Crippen LogP contribution in [-0.4, -0.2) is 45.4 Å². The Morgan fingerprint density at radius 2 is 1.89 bits per heavy atom. The highest BCUT2D eigenvalue weighted by Gasteiger charge is 2.26. The third-order valence-corrected chi connectivity index (χ3v) is 5.14. The Morgan fingerprint density at radius 3 is 2.61 bits per heavy atom. The molecule has 7 heteroatoms. The third kappa shape index (κ3) is 3.99. The summed E-state index contributed by atoms with van der Waals surface area (Å²) < 4.78 is 5.65. The maximum absolute atomic E-state index is 12.8. The van der Waals surface area contributed by atoms with E-state index in [2.05, 4.69) is 20.4 Å². The molecule has 0 aliphatic carbocycles. The second-order valence-corrected chi connectivity index (χ2v) is 7.10. The van der Waals surface area contributed by atoms with Crippen LogP contribution in [0.1, 0.15) is 47.2 Å². The summed E-state index contributed by atoms with van der Waals surface area (Å²) in [5, 5.41) is 11.8. The molecule has 3 aromatic rings. The van der Waals surface area contributed by atoms with Gasteiger partial charge in [-0.1, -0.05) is 24.6 Å². The molecule has 2 aromatic heterocycles. The minimum absolute atomic E-state index is 0.0312. The van der Waals surface area contributed by atoms with Gasteiger partial charge in [-0.15, -0.1) is 5.10 Å². The number of likely N-dealkylation sites (tertiary alicyclic amines) is 1. The minimum Gasteiger partial charge on any atom is -0.468 e. The highest BCUT2D eigenvalue weighted by atomic mass is 16.3. The average Bonchev–Trinajstić information content (AvgIpc) is 3.40. The van der Waals surface area contributed by atoms with Crippen LogP contribution in [0.2, 0.25) is 0 Å². The van der Waals surface area contributed by atoms with E-state index in [4.69, 9.17) is 4.42 Å². The number of carbonyl (C=O) groups excluding carboxylic acids is 1. The predicted octanol–water partition coefficient (Wildman–Crippen LogP) is 3.13. The van der Waals surface area contributed by atoms with E-state index in [-0.39, 0.29) is 11.9 Å². The zero-order valence-corrected chi connectivity index (χ0v) is 16.0. The fourth-order valence-corrected chi connectivity index (χ4v) is 3.66. The number of aromatic nitrogens is 3. The first kappa shape index (κ1) is 18.4. The molecule has 0 bridgehead atoms. The number of aryl methyl sites for hydroxylation is 1. The van der Waals surface area contributed by atoms with Crippen molar-refractivity contribution in [1.82, 2.24) is 25.2 Å². The molecule has 0 unspecified atom stereocenters. The first-order valence-corrected chi connectivity index (χ1v) is 9.77. The van der Waals surface area contributed by atoms with Gasteiger partial charge in [0.2, 0.25) is 0 Å². The zero-order valence-electron chi connectivity index (χ0n) is 16.0. The molecule has 4 rings (SSSR count). The van der Waals surface area contributed by atoms with Gasteiger partial charge in [0.05, 0.1) is 23.7 Å². The molecule has 1 amide bonds. The third-order valence-electron chi connectivity index (χ3n) is 5.14. The number of hydrogen-bond acceptors (Lipinski definition) is 5. The number of furan rings is 1. The Morgan fingerprint density at radius 1 is 1.11 bits per heavy atom. The number of hydrogen-bond donors (Lipinski definition) is 1. The molecule has 1 aliphatic heterocycles. The standard InChI is InChI=1S/C21H25N5O2/c1-16-20(24-26(23-16)17-9-4-2-5-10-17)21(27)22-15-18(19-11-8-14-28-19)25-12-6-3-7-13-25/h2,4-5,8-11,14,18H,3,6-7,12-13,15H2,1H3,(H,22,27)/t18-/m1/s1. The van der Waals surface area contributed by atoms with Crippen LogP contribution in [0, 0.1) is 6.92 Å². The molecule has 1 atom stereocenters. The summed E-state index contributed by atoms with van der Waals surface area (Å²) in [7, 11) is 0. The van der Waals surface area contributed by atoms with Gasteiger partial charge in [0.1, 0.15) is 5.76 Å². The van der Waals surface area contributed by atoms with Crippen LogP contribution < -0.4 is 5.32 Å². The summed E-state index contributed by atoms with van der Waals surface area (Å²) in [4.78, 5) is 16.7. The Kier molecular flexibility index (Phi) is 5.53. The maximum Gasteiger partial charge on any atom is 0.273 e. The molecule has 0 saturated carbocycles. The molecular weight excluding hydrogens is 354 g/mol. The SMILES string of the molecule is Cc1nn(-c2ccccc2)nc1C(=O)NC[C@H](c1ccco1)N1CCCCC1. The van der Waals surface area contributed by atoms with E-state index in [9.17, 15) is 4.79 Å². The van der Waals surface area contributed by atoms with Gasteiger partial charge >= 0.3 is 0 Å². The van der Waals surface area contributed by atoms with Crippen LogP contribution in [0.3, 0.4) is 0 Å². The van der Waals surface area contributed by atoms with Gasteiger partial charge in [0, 0.05) is 6.54 Å². The van der Waals surface area contributed by atoms with Gasteiger partial charge in [0.15, 0.2) is 5.69 Å². The normalized spacial score (nSPS) is 16.0. The van der Waals surface area contributed by atoms with E-state index >= 15 is 0 Å². The molecule has 1 fully saturated rings. The summed E-state index contributed by atoms with van der Waals surface area (Å²) in [6, 6.07) is 13.5. The number of carbonyl (C=O) groups is 1. The predicted molar refractivity (Wildman–Crippen MR) is 105 cm³/mol. The van der Waals surface area contributed by atoms with E-state index in [0.717, 1.165) is 24.5 Å². The zero-order chi connectivity index (χ0) is 19.3. The second-order valence-electron chi connectivity index (χ2n) is 7.10. The molecule has 1 N–H and O–H groups in total. The van der Waals surface area contributed by atoms with Crippen molar-refractivity contribution in [3.8, 4) is 5.69 Å². The van der Waals surface area contributed by atoms with Crippen molar-refractivity contribution >= 4 is 5.91 Å². The van der Waals surface area contributed by atoms with Crippen LogP contribution in [0.25, 0.3) is 5.69 Å². The topological polar surface area (TPSA) is 76.2 Å². The molecule has 146 valence electrons. The highest BCUT2D eigenvalue weighted by molar-refractivity contribution is 5.93. The molecule has 3 heterocycles. The molecule has 28 heavy (non-hydrogen) atoms. The van der Waals surface area contributed by atoms with Crippen molar-refractivity contribution < 1.29 is 9.21 Å². The highest BCUT2D eigenvalue weighted by Crippen LogP contribution is 2.24. The first-order valence-electron chi connectivity index (χ1n) is 9.77.